The van der Waals surface area contributed by atoms with Crippen LogP contribution in [0.25, 0.3) is 0 Å². The van der Waals surface area contributed by atoms with Crippen LogP contribution in [0, 0.1) is 5.92 Å². The molecule has 0 spiro atoms. The van der Waals surface area contributed by atoms with E-state index in [9.17, 15) is 9.59 Å². The lowest BCUT2D eigenvalue weighted by atomic mass is 9.97. The maximum atomic E-state index is 11.9. The number of carbonyl (C=O) groups excluding carboxylic acids is 2. The SMILES string of the molecule is CCCOC(=O)CCCCCCCCC(=O)OC(CC)C(C)CCC. The highest BCUT2D eigenvalue weighted by Gasteiger charge is 2.18. The maximum Gasteiger partial charge on any atom is 0.306 e. The van der Waals surface area contributed by atoms with Crippen molar-refractivity contribution < 1.29 is 19.1 Å². The predicted molar refractivity (Wildman–Crippen MR) is 102 cm³/mol. The third-order valence-corrected chi connectivity index (χ3v) is 4.54. The van der Waals surface area contributed by atoms with E-state index in [0.29, 0.717) is 25.4 Å². The zero-order valence-corrected chi connectivity index (χ0v) is 17.0. The molecule has 0 aromatic rings. The van der Waals surface area contributed by atoms with Gasteiger partial charge in [0.1, 0.15) is 6.10 Å². The van der Waals surface area contributed by atoms with Gasteiger partial charge in [-0.25, -0.2) is 0 Å². The zero-order chi connectivity index (χ0) is 18.9. The van der Waals surface area contributed by atoms with E-state index in [1.807, 2.05) is 6.92 Å². The third kappa shape index (κ3) is 13.9. The van der Waals surface area contributed by atoms with Gasteiger partial charge in [-0.15, -0.1) is 0 Å². The first-order valence-corrected chi connectivity index (χ1v) is 10.4. The highest BCUT2D eigenvalue weighted by molar-refractivity contribution is 5.69. The Kier molecular flexibility index (Phi) is 15.7. The summed E-state index contributed by atoms with van der Waals surface area (Å²) < 4.78 is 10.7. The molecular weight excluding hydrogens is 316 g/mol. The fourth-order valence-corrected chi connectivity index (χ4v) is 3.00. The summed E-state index contributed by atoms with van der Waals surface area (Å²) in [5.74, 6) is 0.323. The van der Waals surface area contributed by atoms with E-state index in [1.54, 1.807) is 0 Å². The topological polar surface area (TPSA) is 52.6 Å². The molecule has 0 radical (unpaired) electrons. The van der Waals surface area contributed by atoms with Crippen LogP contribution in [-0.4, -0.2) is 24.6 Å². The summed E-state index contributed by atoms with van der Waals surface area (Å²) >= 11 is 0. The van der Waals surface area contributed by atoms with Crippen molar-refractivity contribution in [3.63, 3.8) is 0 Å². The van der Waals surface area contributed by atoms with E-state index >= 15 is 0 Å². The molecule has 0 N–H and O–H groups in total. The van der Waals surface area contributed by atoms with Crippen LogP contribution in [-0.2, 0) is 19.1 Å². The molecule has 4 nitrogen and oxygen atoms in total. The van der Waals surface area contributed by atoms with Crippen LogP contribution < -0.4 is 0 Å². The third-order valence-electron chi connectivity index (χ3n) is 4.54. The minimum Gasteiger partial charge on any atom is -0.466 e. The minimum atomic E-state index is -0.0765. The maximum absolute atomic E-state index is 11.9. The van der Waals surface area contributed by atoms with Crippen molar-refractivity contribution in [2.24, 2.45) is 5.92 Å². The number of ether oxygens (including phenoxy) is 2. The molecule has 0 heterocycles. The molecule has 148 valence electrons. The molecule has 2 unspecified atom stereocenters. The average Bonchev–Trinajstić information content (AvgIpc) is 2.60. The van der Waals surface area contributed by atoms with Crippen LogP contribution in [0.2, 0.25) is 0 Å². The van der Waals surface area contributed by atoms with Gasteiger partial charge >= 0.3 is 11.9 Å². The molecular formula is C21H40O4. The van der Waals surface area contributed by atoms with E-state index in [1.165, 1.54) is 0 Å². The lowest BCUT2D eigenvalue weighted by Crippen LogP contribution is -2.24. The van der Waals surface area contributed by atoms with Gasteiger partial charge in [-0.1, -0.05) is 59.8 Å². The first kappa shape index (κ1) is 23.9. The molecule has 4 heteroatoms. The second-order valence-electron chi connectivity index (χ2n) is 7.04. The molecule has 0 aliphatic carbocycles. The summed E-state index contributed by atoms with van der Waals surface area (Å²) in [6.45, 7) is 8.95. The smallest absolute Gasteiger partial charge is 0.306 e. The first-order chi connectivity index (χ1) is 12.0. The predicted octanol–water partition coefficient (Wildman–Crippen LogP) is 5.82. The van der Waals surface area contributed by atoms with Gasteiger partial charge in [0.15, 0.2) is 0 Å². The summed E-state index contributed by atoms with van der Waals surface area (Å²) in [5, 5.41) is 0. The molecule has 0 saturated carbocycles. The Morgan fingerprint density at radius 2 is 1.36 bits per heavy atom. The van der Waals surface area contributed by atoms with Gasteiger partial charge in [0, 0.05) is 12.8 Å². The van der Waals surface area contributed by atoms with Crippen molar-refractivity contribution in [2.45, 2.75) is 111 Å². The van der Waals surface area contributed by atoms with E-state index in [-0.39, 0.29) is 18.0 Å². The van der Waals surface area contributed by atoms with Crippen LogP contribution in [0.5, 0.6) is 0 Å². The van der Waals surface area contributed by atoms with Gasteiger partial charge in [-0.2, -0.15) is 0 Å². The molecule has 0 aliphatic heterocycles. The standard InChI is InChI=1S/C21H40O4/c1-5-14-18(4)19(7-3)25-21(23)16-13-11-9-8-10-12-15-20(22)24-17-6-2/h18-19H,5-17H2,1-4H3. The molecule has 2 atom stereocenters. The van der Waals surface area contributed by atoms with Crippen LogP contribution in [0.4, 0.5) is 0 Å². The number of hydrogen-bond acceptors (Lipinski definition) is 4. The summed E-state index contributed by atoms with van der Waals surface area (Å²) in [6, 6.07) is 0. The van der Waals surface area contributed by atoms with Crippen LogP contribution >= 0.6 is 0 Å². The number of rotatable bonds is 16. The van der Waals surface area contributed by atoms with E-state index in [0.717, 1.165) is 64.2 Å². The number of esters is 2. The van der Waals surface area contributed by atoms with Crippen molar-refractivity contribution >= 4 is 11.9 Å². The van der Waals surface area contributed by atoms with Gasteiger partial charge in [-0.3, -0.25) is 9.59 Å². The van der Waals surface area contributed by atoms with Crippen LogP contribution in [0.3, 0.4) is 0 Å². The minimum absolute atomic E-state index is 0.0477. The lowest BCUT2D eigenvalue weighted by Gasteiger charge is -2.22. The number of carbonyl (C=O) groups is 2. The average molecular weight is 357 g/mol. The Bertz CT molecular complexity index is 341. The van der Waals surface area contributed by atoms with E-state index in [2.05, 4.69) is 20.8 Å². The van der Waals surface area contributed by atoms with Gasteiger partial charge in [0.2, 0.25) is 0 Å². The molecule has 25 heavy (non-hydrogen) atoms. The van der Waals surface area contributed by atoms with E-state index < -0.39 is 0 Å². The molecule has 0 aliphatic rings. The van der Waals surface area contributed by atoms with Crippen LogP contribution in [0.1, 0.15) is 105 Å². The van der Waals surface area contributed by atoms with Gasteiger partial charge < -0.3 is 9.47 Å². The molecule has 0 aromatic heterocycles. The van der Waals surface area contributed by atoms with Crippen molar-refractivity contribution in [3.8, 4) is 0 Å². The van der Waals surface area contributed by atoms with Crippen molar-refractivity contribution in [1.82, 2.24) is 0 Å². The Balaban J connectivity index is 3.58. The van der Waals surface area contributed by atoms with Crippen molar-refractivity contribution in [1.29, 1.82) is 0 Å². The molecule has 0 fully saturated rings. The van der Waals surface area contributed by atoms with E-state index in [4.69, 9.17) is 9.47 Å². The summed E-state index contributed by atoms with van der Waals surface area (Å²) in [7, 11) is 0. The molecule has 0 amide bonds. The Hall–Kier alpha value is -1.06. The van der Waals surface area contributed by atoms with Gasteiger partial charge in [-0.05, 0) is 38.0 Å². The molecule has 0 bridgehead atoms. The Labute approximate surface area is 155 Å². The first-order valence-electron chi connectivity index (χ1n) is 10.4. The highest BCUT2D eigenvalue weighted by atomic mass is 16.5. The zero-order valence-electron chi connectivity index (χ0n) is 17.0. The van der Waals surface area contributed by atoms with Crippen LogP contribution in [0.15, 0.2) is 0 Å². The largest absolute Gasteiger partial charge is 0.466 e. The normalized spacial score (nSPS) is 13.3. The Morgan fingerprint density at radius 1 is 0.800 bits per heavy atom. The second-order valence-corrected chi connectivity index (χ2v) is 7.04. The molecule has 0 rings (SSSR count). The summed E-state index contributed by atoms with van der Waals surface area (Å²) in [5.41, 5.74) is 0. The summed E-state index contributed by atoms with van der Waals surface area (Å²) in [6.07, 6.45) is 11.3. The quantitative estimate of drug-likeness (QED) is 0.258. The monoisotopic (exact) mass is 356 g/mol. The molecule has 0 aromatic carbocycles. The number of unbranched alkanes of at least 4 members (excludes halogenated alkanes) is 5. The van der Waals surface area contributed by atoms with Gasteiger partial charge in [0.05, 0.1) is 6.61 Å². The second kappa shape index (κ2) is 16.4. The Morgan fingerprint density at radius 3 is 1.88 bits per heavy atom. The molecule has 0 saturated heterocycles. The summed E-state index contributed by atoms with van der Waals surface area (Å²) in [4.78, 5) is 23.3. The van der Waals surface area contributed by atoms with Crippen molar-refractivity contribution in [2.75, 3.05) is 6.61 Å². The lowest BCUT2D eigenvalue weighted by molar-refractivity contribution is -0.152. The number of hydrogen-bond donors (Lipinski definition) is 0. The highest BCUT2D eigenvalue weighted by Crippen LogP contribution is 2.18. The van der Waals surface area contributed by atoms with Crippen molar-refractivity contribution in [3.05, 3.63) is 0 Å². The fourth-order valence-electron chi connectivity index (χ4n) is 3.00. The van der Waals surface area contributed by atoms with Gasteiger partial charge in [0.25, 0.3) is 0 Å². The fraction of sp³-hybridized carbons (Fsp3) is 0.905.